The van der Waals surface area contributed by atoms with Crippen molar-refractivity contribution in [1.29, 1.82) is 0 Å². The maximum atomic E-state index is 12.3. The van der Waals surface area contributed by atoms with Gasteiger partial charge in [0.2, 0.25) is 5.01 Å². The average molecular weight is 413 g/mol. The zero-order valence-corrected chi connectivity index (χ0v) is 17.7. The number of para-hydroxylation sites is 1. The van der Waals surface area contributed by atoms with Crippen LogP contribution in [0.2, 0.25) is 0 Å². The number of amides is 1. The molecule has 29 heavy (non-hydrogen) atoms. The van der Waals surface area contributed by atoms with E-state index in [9.17, 15) is 4.79 Å². The first kappa shape index (κ1) is 20.8. The predicted octanol–water partition coefficient (Wildman–Crippen LogP) is 3.75. The molecule has 0 radical (unpaired) electrons. The lowest BCUT2D eigenvalue weighted by Crippen LogP contribution is -2.18. The molecule has 0 saturated carbocycles. The first-order chi connectivity index (χ1) is 14.0. The Morgan fingerprint density at radius 3 is 2.45 bits per heavy atom. The van der Waals surface area contributed by atoms with E-state index < -0.39 is 0 Å². The molecule has 0 aliphatic heterocycles. The van der Waals surface area contributed by atoms with Gasteiger partial charge in [-0.05, 0) is 49.4 Å². The Balaban J connectivity index is 1.63. The van der Waals surface area contributed by atoms with Crippen molar-refractivity contribution in [2.24, 2.45) is 0 Å². The minimum Gasteiger partial charge on any atom is -0.493 e. The molecule has 0 unspecified atom stereocenters. The topological polar surface area (TPSA) is 76.6 Å². The highest BCUT2D eigenvalue weighted by molar-refractivity contribution is 7.13. The van der Waals surface area contributed by atoms with Crippen molar-refractivity contribution in [2.45, 2.75) is 20.0 Å². The zero-order chi connectivity index (χ0) is 20.8. The summed E-state index contributed by atoms with van der Waals surface area (Å²) in [6, 6.07) is 13.3. The molecular formula is C21H24N4O3S. The fraction of sp³-hybridized carbons (Fsp3) is 0.286. The molecule has 152 valence electrons. The summed E-state index contributed by atoms with van der Waals surface area (Å²) in [4.78, 5) is 14.5. The number of nitrogens with one attached hydrogen (secondary N) is 1. The average Bonchev–Trinajstić information content (AvgIpc) is 3.18. The highest BCUT2D eigenvalue weighted by Gasteiger charge is 2.15. The van der Waals surface area contributed by atoms with Crippen LogP contribution in [0.4, 0.5) is 5.69 Å². The number of rotatable bonds is 8. The summed E-state index contributed by atoms with van der Waals surface area (Å²) in [5, 5.41) is 12.2. The van der Waals surface area contributed by atoms with Crippen molar-refractivity contribution in [3.63, 3.8) is 0 Å². The molecule has 0 spiro atoms. The van der Waals surface area contributed by atoms with Crippen LogP contribution < -0.4 is 14.8 Å². The van der Waals surface area contributed by atoms with E-state index in [1.807, 2.05) is 56.4 Å². The summed E-state index contributed by atoms with van der Waals surface area (Å²) in [7, 11) is 5.26. The van der Waals surface area contributed by atoms with E-state index in [1.165, 1.54) is 11.3 Å². The van der Waals surface area contributed by atoms with Crippen molar-refractivity contribution in [1.82, 2.24) is 15.1 Å². The largest absolute Gasteiger partial charge is 0.493 e. The Hall–Kier alpha value is -2.97. The zero-order valence-electron chi connectivity index (χ0n) is 16.9. The summed E-state index contributed by atoms with van der Waals surface area (Å²) >= 11 is 1.30. The number of benzene rings is 2. The van der Waals surface area contributed by atoms with Gasteiger partial charge < -0.3 is 14.8 Å². The number of carbonyl (C=O) groups is 1. The Labute approximate surface area is 174 Å². The maximum absolute atomic E-state index is 12.3. The first-order valence-electron chi connectivity index (χ1n) is 9.09. The van der Waals surface area contributed by atoms with Gasteiger partial charge >= 0.3 is 0 Å². The molecule has 2 aromatic carbocycles. The Bertz CT molecular complexity index is 975. The quantitative estimate of drug-likeness (QED) is 0.607. The smallest absolute Gasteiger partial charge is 0.286 e. The Morgan fingerprint density at radius 1 is 1.07 bits per heavy atom. The summed E-state index contributed by atoms with van der Waals surface area (Å²) in [6.45, 7) is 3.34. The summed E-state index contributed by atoms with van der Waals surface area (Å²) in [5.41, 5.74) is 2.99. The van der Waals surface area contributed by atoms with Crippen LogP contribution in [0.1, 0.15) is 25.9 Å². The van der Waals surface area contributed by atoms with Crippen LogP contribution in [-0.2, 0) is 13.1 Å². The van der Waals surface area contributed by atoms with Crippen molar-refractivity contribution in [3.8, 4) is 11.5 Å². The van der Waals surface area contributed by atoms with Gasteiger partial charge in [0.15, 0.2) is 11.5 Å². The van der Waals surface area contributed by atoms with Gasteiger partial charge in [0.1, 0.15) is 5.01 Å². The van der Waals surface area contributed by atoms with Gasteiger partial charge in [0, 0.05) is 12.2 Å². The molecule has 0 aliphatic rings. The Kier molecular flexibility index (Phi) is 6.79. The highest BCUT2D eigenvalue weighted by atomic mass is 32.1. The molecular weight excluding hydrogens is 388 g/mol. The van der Waals surface area contributed by atoms with Crippen molar-refractivity contribution in [2.75, 3.05) is 26.6 Å². The molecule has 0 saturated heterocycles. The minimum absolute atomic E-state index is 0.252. The van der Waals surface area contributed by atoms with Gasteiger partial charge in [-0.2, -0.15) is 0 Å². The van der Waals surface area contributed by atoms with Crippen molar-refractivity contribution >= 4 is 22.9 Å². The number of hydrogen-bond donors (Lipinski definition) is 1. The fourth-order valence-electron chi connectivity index (χ4n) is 2.89. The normalized spacial score (nSPS) is 10.8. The third-order valence-corrected chi connectivity index (χ3v) is 5.29. The molecule has 0 bridgehead atoms. The van der Waals surface area contributed by atoms with Crippen LogP contribution in [0.5, 0.6) is 11.5 Å². The summed E-state index contributed by atoms with van der Waals surface area (Å²) < 4.78 is 10.7. The standard InChI is InChI=1S/C21H24N4O3S/c1-14-10-17(27-3)18(28-4)11-15(14)12-25(2)13-19-23-24-21(29-19)20(26)22-16-8-6-5-7-9-16/h5-11H,12-13H2,1-4H3,(H,22,26). The molecule has 1 aromatic heterocycles. The van der Waals surface area contributed by atoms with Crippen LogP contribution in [0, 0.1) is 6.92 Å². The lowest BCUT2D eigenvalue weighted by molar-refractivity contribution is 0.102. The van der Waals surface area contributed by atoms with Crippen LogP contribution in [0.3, 0.4) is 0 Å². The Morgan fingerprint density at radius 2 is 1.76 bits per heavy atom. The lowest BCUT2D eigenvalue weighted by Gasteiger charge is -2.18. The van der Waals surface area contributed by atoms with E-state index in [4.69, 9.17) is 9.47 Å². The molecule has 3 aromatic rings. The molecule has 0 fully saturated rings. The fourth-order valence-corrected chi connectivity index (χ4v) is 3.70. The molecule has 1 amide bonds. The van der Waals surface area contributed by atoms with E-state index in [0.29, 0.717) is 23.8 Å². The van der Waals surface area contributed by atoms with Crippen LogP contribution >= 0.6 is 11.3 Å². The van der Waals surface area contributed by atoms with Crippen LogP contribution in [0.25, 0.3) is 0 Å². The van der Waals surface area contributed by atoms with Gasteiger partial charge in [-0.3, -0.25) is 9.69 Å². The van der Waals surface area contributed by atoms with Gasteiger partial charge in [-0.25, -0.2) is 0 Å². The van der Waals surface area contributed by atoms with E-state index in [1.54, 1.807) is 14.2 Å². The number of anilines is 1. The number of carbonyl (C=O) groups excluding carboxylic acids is 1. The van der Waals surface area contributed by atoms with Gasteiger partial charge in [0.05, 0.1) is 20.8 Å². The lowest BCUT2D eigenvalue weighted by atomic mass is 10.1. The molecule has 7 nitrogen and oxygen atoms in total. The van der Waals surface area contributed by atoms with Crippen LogP contribution in [0.15, 0.2) is 42.5 Å². The summed E-state index contributed by atoms with van der Waals surface area (Å²) in [5.74, 6) is 1.17. The highest BCUT2D eigenvalue weighted by Crippen LogP contribution is 2.31. The third kappa shape index (κ3) is 5.30. The number of aromatic nitrogens is 2. The van der Waals surface area contributed by atoms with Gasteiger partial charge in [0.25, 0.3) is 5.91 Å². The number of hydrogen-bond acceptors (Lipinski definition) is 7. The van der Waals surface area contributed by atoms with E-state index in [0.717, 1.165) is 27.6 Å². The van der Waals surface area contributed by atoms with Gasteiger partial charge in [-0.15, -0.1) is 10.2 Å². The molecule has 0 atom stereocenters. The second-order valence-electron chi connectivity index (χ2n) is 6.63. The van der Waals surface area contributed by atoms with Crippen molar-refractivity contribution in [3.05, 3.63) is 63.6 Å². The van der Waals surface area contributed by atoms with Crippen LogP contribution in [-0.4, -0.2) is 42.3 Å². The number of methoxy groups -OCH3 is 2. The second kappa shape index (κ2) is 9.49. The molecule has 0 aliphatic carbocycles. The number of nitrogens with zero attached hydrogens (tertiary/aromatic N) is 3. The minimum atomic E-state index is -0.252. The molecule has 8 heteroatoms. The maximum Gasteiger partial charge on any atom is 0.286 e. The van der Waals surface area contributed by atoms with E-state index in [2.05, 4.69) is 20.4 Å². The summed E-state index contributed by atoms with van der Waals surface area (Å²) in [6.07, 6.45) is 0. The molecule has 3 rings (SSSR count). The molecule has 1 N–H and O–H groups in total. The first-order valence-corrected chi connectivity index (χ1v) is 9.90. The van der Waals surface area contributed by atoms with E-state index >= 15 is 0 Å². The number of aryl methyl sites for hydroxylation is 1. The predicted molar refractivity (Wildman–Crippen MR) is 114 cm³/mol. The third-order valence-electron chi connectivity index (χ3n) is 4.38. The number of ether oxygens (including phenoxy) is 2. The monoisotopic (exact) mass is 412 g/mol. The molecule has 1 heterocycles. The van der Waals surface area contributed by atoms with Gasteiger partial charge in [-0.1, -0.05) is 29.5 Å². The van der Waals surface area contributed by atoms with E-state index in [-0.39, 0.29) is 5.91 Å². The SMILES string of the molecule is COc1cc(C)c(CN(C)Cc2nnc(C(=O)Nc3ccccc3)s2)cc1OC. The second-order valence-corrected chi connectivity index (χ2v) is 7.69. The van der Waals surface area contributed by atoms with Crippen molar-refractivity contribution < 1.29 is 14.3 Å².